The fraction of sp³-hybridized carbons (Fsp3) is 0.467. The summed E-state index contributed by atoms with van der Waals surface area (Å²) < 4.78 is 0. The third-order valence-corrected chi connectivity index (χ3v) is 5.03. The summed E-state index contributed by atoms with van der Waals surface area (Å²) in [6, 6.07) is 5.40. The average Bonchev–Trinajstić information content (AvgIpc) is 2.47. The molecule has 6 heteroatoms. The number of amides is 1. The van der Waals surface area contributed by atoms with Crippen LogP contribution in [-0.2, 0) is 9.59 Å². The highest BCUT2D eigenvalue weighted by atomic mass is 35.5. The highest BCUT2D eigenvalue weighted by Gasteiger charge is 2.31. The highest BCUT2D eigenvalue weighted by molar-refractivity contribution is 7.98. The van der Waals surface area contributed by atoms with Gasteiger partial charge in [-0.05, 0) is 43.7 Å². The first-order valence-electron chi connectivity index (χ1n) is 6.88. The molecule has 0 bridgehead atoms. The van der Waals surface area contributed by atoms with Crippen LogP contribution in [0.5, 0.6) is 0 Å². The van der Waals surface area contributed by atoms with Crippen LogP contribution in [0.2, 0.25) is 5.02 Å². The summed E-state index contributed by atoms with van der Waals surface area (Å²) in [5.74, 6) is -1.57. The number of carbonyl (C=O) groups is 2. The molecule has 4 nitrogen and oxygen atoms in total. The van der Waals surface area contributed by atoms with Crippen LogP contribution in [0.25, 0.3) is 0 Å². The summed E-state index contributed by atoms with van der Waals surface area (Å²) >= 11 is 7.66. The van der Waals surface area contributed by atoms with Gasteiger partial charge in [0.15, 0.2) is 0 Å². The lowest BCUT2D eigenvalue weighted by molar-refractivity contribution is -0.143. The first-order valence-corrected chi connectivity index (χ1v) is 8.48. The van der Waals surface area contributed by atoms with Gasteiger partial charge >= 0.3 is 5.97 Å². The van der Waals surface area contributed by atoms with E-state index in [9.17, 15) is 9.59 Å². The van der Waals surface area contributed by atoms with Crippen molar-refractivity contribution in [1.29, 1.82) is 0 Å². The van der Waals surface area contributed by atoms with Crippen molar-refractivity contribution >= 4 is 40.9 Å². The number of carbonyl (C=O) groups excluding carboxylic acids is 1. The third-order valence-electron chi connectivity index (χ3n) is 3.81. The van der Waals surface area contributed by atoms with Crippen LogP contribution in [0.4, 0.5) is 5.69 Å². The van der Waals surface area contributed by atoms with Crippen molar-refractivity contribution in [2.45, 2.75) is 30.6 Å². The van der Waals surface area contributed by atoms with Crippen LogP contribution in [0.3, 0.4) is 0 Å². The van der Waals surface area contributed by atoms with Gasteiger partial charge in [0.2, 0.25) is 5.91 Å². The number of anilines is 1. The second-order valence-electron chi connectivity index (χ2n) is 5.24. The Hall–Kier alpha value is -1.20. The Morgan fingerprint density at radius 2 is 2.05 bits per heavy atom. The number of thioether (sulfide) groups is 1. The van der Waals surface area contributed by atoms with Gasteiger partial charge < -0.3 is 10.4 Å². The minimum Gasteiger partial charge on any atom is -0.481 e. The van der Waals surface area contributed by atoms with E-state index in [0.717, 1.165) is 17.7 Å². The van der Waals surface area contributed by atoms with Crippen LogP contribution in [0.1, 0.15) is 25.7 Å². The number of nitrogens with one attached hydrogen (secondary N) is 1. The second-order valence-corrected chi connectivity index (χ2v) is 6.49. The molecule has 1 saturated carbocycles. The van der Waals surface area contributed by atoms with Gasteiger partial charge in [-0.15, -0.1) is 11.8 Å². The van der Waals surface area contributed by atoms with Crippen molar-refractivity contribution in [1.82, 2.24) is 0 Å². The molecule has 1 aromatic carbocycles. The standard InChI is InChI=1S/C15H18ClNO3S/c1-21-13-6-5-11(8-12(13)16)17-14(18)9-3-2-4-10(7-9)15(19)20/h5-6,8-10H,2-4,7H2,1H3,(H,17,18)(H,19,20). The number of carboxylic acid groups (broad SMARTS) is 1. The van der Waals surface area contributed by atoms with Gasteiger partial charge in [-0.25, -0.2) is 0 Å². The molecule has 0 aliphatic heterocycles. The Morgan fingerprint density at radius 3 is 2.67 bits per heavy atom. The Morgan fingerprint density at radius 1 is 1.33 bits per heavy atom. The quantitative estimate of drug-likeness (QED) is 0.823. The number of rotatable bonds is 4. The van der Waals surface area contributed by atoms with Crippen LogP contribution >= 0.6 is 23.4 Å². The van der Waals surface area contributed by atoms with E-state index in [1.807, 2.05) is 18.4 Å². The molecule has 114 valence electrons. The van der Waals surface area contributed by atoms with Gasteiger partial charge in [0, 0.05) is 16.5 Å². The van der Waals surface area contributed by atoms with Gasteiger partial charge in [0.25, 0.3) is 0 Å². The number of hydrogen-bond acceptors (Lipinski definition) is 3. The fourth-order valence-electron chi connectivity index (χ4n) is 2.64. The predicted molar refractivity (Wildman–Crippen MR) is 84.9 cm³/mol. The van der Waals surface area contributed by atoms with Crippen LogP contribution < -0.4 is 5.32 Å². The zero-order chi connectivity index (χ0) is 15.4. The fourth-order valence-corrected chi connectivity index (χ4v) is 3.51. The number of hydrogen-bond donors (Lipinski definition) is 2. The minimum absolute atomic E-state index is 0.117. The maximum absolute atomic E-state index is 12.2. The van der Waals surface area contributed by atoms with Gasteiger partial charge in [-0.3, -0.25) is 9.59 Å². The molecule has 1 amide bonds. The van der Waals surface area contributed by atoms with Crippen molar-refractivity contribution in [2.75, 3.05) is 11.6 Å². The van der Waals surface area contributed by atoms with E-state index in [1.54, 1.807) is 17.8 Å². The van der Waals surface area contributed by atoms with Gasteiger partial charge in [-0.1, -0.05) is 18.0 Å². The zero-order valence-electron chi connectivity index (χ0n) is 11.8. The Balaban J connectivity index is 2.00. The molecule has 2 rings (SSSR count). The summed E-state index contributed by atoms with van der Waals surface area (Å²) in [4.78, 5) is 24.3. The lowest BCUT2D eigenvalue weighted by Crippen LogP contribution is -2.30. The van der Waals surface area contributed by atoms with E-state index >= 15 is 0 Å². The molecule has 21 heavy (non-hydrogen) atoms. The number of halogens is 1. The van der Waals surface area contributed by atoms with Gasteiger partial charge in [0.05, 0.1) is 10.9 Å². The van der Waals surface area contributed by atoms with Crippen LogP contribution in [0.15, 0.2) is 23.1 Å². The lowest BCUT2D eigenvalue weighted by atomic mass is 9.81. The molecule has 2 atom stereocenters. The predicted octanol–water partition coefficient (Wildman–Crippen LogP) is 3.89. The van der Waals surface area contributed by atoms with Crippen molar-refractivity contribution in [2.24, 2.45) is 11.8 Å². The molecule has 1 aliphatic carbocycles. The average molecular weight is 328 g/mol. The Labute approximate surface area is 133 Å². The highest BCUT2D eigenvalue weighted by Crippen LogP contribution is 2.31. The first kappa shape index (κ1) is 16.2. The van der Waals surface area contributed by atoms with Crippen LogP contribution in [-0.4, -0.2) is 23.2 Å². The molecule has 0 heterocycles. The number of aliphatic carboxylic acids is 1. The van der Waals surface area contributed by atoms with Crippen LogP contribution in [0, 0.1) is 11.8 Å². The molecule has 0 aromatic heterocycles. The van der Waals surface area contributed by atoms with Crippen molar-refractivity contribution < 1.29 is 14.7 Å². The monoisotopic (exact) mass is 327 g/mol. The number of benzene rings is 1. The normalized spacial score (nSPS) is 21.8. The summed E-state index contributed by atoms with van der Waals surface area (Å²) in [5, 5.41) is 12.5. The van der Waals surface area contributed by atoms with E-state index in [4.69, 9.17) is 16.7 Å². The van der Waals surface area contributed by atoms with Crippen molar-refractivity contribution in [3.8, 4) is 0 Å². The Bertz CT molecular complexity index is 550. The SMILES string of the molecule is CSc1ccc(NC(=O)C2CCCC(C(=O)O)C2)cc1Cl. The van der Waals surface area contributed by atoms with E-state index in [-0.39, 0.29) is 11.8 Å². The van der Waals surface area contributed by atoms with Gasteiger partial charge in [-0.2, -0.15) is 0 Å². The first-order chi connectivity index (χ1) is 10.0. The number of carboxylic acids is 1. The third kappa shape index (κ3) is 4.14. The molecule has 1 aliphatic rings. The van der Waals surface area contributed by atoms with E-state index in [0.29, 0.717) is 23.6 Å². The van der Waals surface area contributed by atoms with Crippen molar-refractivity contribution in [3.05, 3.63) is 23.2 Å². The van der Waals surface area contributed by atoms with E-state index in [2.05, 4.69) is 5.32 Å². The summed E-state index contributed by atoms with van der Waals surface area (Å²) in [6.07, 6.45) is 4.53. The molecule has 1 fully saturated rings. The summed E-state index contributed by atoms with van der Waals surface area (Å²) in [7, 11) is 0. The maximum atomic E-state index is 12.2. The molecule has 1 aromatic rings. The maximum Gasteiger partial charge on any atom is 0.306 e. The molecule has 0 spiro atoms. The smallest absolute Gasteiger partial charge is 0.306 e. The van der Waals surface area contributed by atoms with E-state index < -0.39 is 11.9 Å². The summed E-state index contributed by atoms with van der Waals surface area (Å²) in [6.45, 7) is 0. The molecular formula is C15H18ClNO3S. The molecular weight excluding hydrogens is 310 g/mol. The van der Waals surface area contributed by atoms with E-state index in [1.165, 1.54) is 0 Å². The van der Waals surface area contributed by atoms with Crippen molar-refractivity contribution in [3.63, 3.8) is 0 Å². The largest absolute Gasteiger partial charge is 0.481 e. The summed E-state index contributed by atoms with van der Waals surface area (Å²) in [5.41, 5.74) is 0.653. The lowest BCUT2D eigenvalue weighted by Gasteiger charge is -2.25. The second kappa shape index (κ2) is 7.18. The topological polar surface area (TPSA) is 66.4 Å². The molecule has 2 N–H and O–H groups in total. The zero-order valence-corrected chi connectivity index (χ0v) is 13.3. The molecule has 2 unspecified atom stereocenters. The van der Waals surface area contributed by atoms with Gasteiger partial charge in [0.1, 0.15) is 0 Å². The molecule has 0 radical (unpaired) electrons. The minimum atomic E-state index is -0.806. The Kier molecular flexibility index (Phi) is 5.53. The molecule has 0 saturated heterocycles.